The highest BCUT2D eigenvalue weighted by molar-refractivity contribution is 7.80. The van der Waals surface area contributed by atoms with Gasteiger partial charge in [-0.2, -0.15) is 0 Å². The van der Waals surface area contributed by atoms with Crippen molar-refractivity contribution in [2.75, 3.05) is 13.2 Å². The number of carbonyl (C=O) groups excluding carboxylic acids is 2. The molecule has 0 saturated heterocycles. The third kappa shape index (κ3) is 10.4. The molecule has 0 aromatic heterocycles. The first-order chi connectivity index (χ1) is 14.1. The van der Waals surface area contributed by atoms with Crippen LogP contribution >= 0.6 is 12.2 Å². The van der Waals surface area contributed by atoms with Gasteiger partial charge in [-0.25, -0.2) is 0 Å². The van der Waals surface area contributed by atoms with Gasteiger partial charge in [-0.3, -0.25) is 9.59 Å². The van der Waals surface area contributed by atoms with Gasteiger partial charge in [-0.1, -0.05) is 60.7 Å². The van der Waals surface area contributed by atoms with Crippen LogP contribution in [0.3, 0.4) is 0 Å². The molecule has 0 heterocycles. The number of esters is 1. The zero-order valence-electron chi connectivity index (χ0n) is 16.6. The number of rotatable bonds is 11. The predicted molar refractivity (Wildman–Crippen MR) is 118 cm³/mol. The van der Waals surface area contributed by atoms with Crippen molar-refractivity contribution >= 4 is 29.2 Å². The lowest BCUT2D eigenvalue weighted by Gasteiger charge is -2.09. The molecule has 2 aromatic rings. The summed E-state index contributed by atoms with van der Waals surface area (Å²) in [6, 6.07) is 20.1. The molecule has 0 saturated carbocycles. The minimum absolute atomic E-state index is 0.195. The molecule has 2 aromatic carbocycles. The summed E-state index contributed by atoms with van der Waals surface area (Å²) in [6.07, 6.45) is 3.40. The third-order valence-electron chi connectivity index (χ3n) is 4.30. The predicted octanol–water partition coefficient (Wildman–Crippen LogP) is 3.57. The molecule has 0 aliphatic carbocycles. The van der Waals surface area contributed by atoms with Crippen LogP contribution in [0.25, 0.3) is 0 Å². The van der Waals surface area contributed by atoms with Gasteiger partial charge in [-0.15, -0.1) is 0 Å². The van der Waals surface area contributed by atoms with E-state index in [4.69, 9.17) is 17.0 Å². The summed E-state index contributed by atoms with van der Waals surface area (Å²) >= 11 is 5.12. The monoisotopic (exact) mass is 412 g/mol. The quantitative estimate of drug-likeness (QED) is 0.336. The van der Waals surface area contributed by atoms with E-state index in [1.807, 2.05) is 48.5 Å². The largest absolute Gasteiger partial charge is 0.466 e. The van der Waals surface area contributed by atoms with E-state index in [2.05, 4.69) is 22.8 Å². The molecule has 6 heteroatoms. The van der Waals surface area contributed by atoms with Gasteiger partial charge in [0, 0.05) is 19.4 Å². The summed E-state index contributed by atoms with van der Waals surface area (Å²) < 4.78 is 5.21. The Labute approximate surface area is 177 Å². The van der Waals surface area contributed by atoms with E-state index >= 15 is 0 Å². The normalized spacial score (nSPS) is 10.2. The second-order valence-electron chi connectivity index (χ2n) is 6.70. The number of carbonyl (C=O) groups is 2. The molecule has 0 bridgehead atoms. The van der Waals surface area contributed by atoms with E-state index in [1.165, 1.54) is 11.1 Å². The molecule has 2 N–H and O–H groups in total. The first-order valence-electron chi connectivity index (χ1n) is 9.94. The number of thiocarbonyl (C=S) groups is 1. The Balaban J connectivity index is 1.47. The van der Waals surface area contributed by atoms with Gasteiger partial charge in [0.2, 0.25) is 5.91 Å². The van der Waals surface area contributed by atoms with Crippen LogP contribution in [0.4, 0.5) is 0 Å². The maximum atomic E-state index is 11.9. The lowest BCUT2D eigenvalue weighted by atomic mass is 10.1. The highest BCUT2D eigenvalue weighted by Gasteiger charge is 2.08. The molecular weight excluding hydrogens is 384 g/mol. The maximum absolute atomic E-state index is 11.9. The van der Waals surface area contributed by atoms with Crippen molar-refractivity contribution in [3.05, 3.63) is 71.8 Å². The van der Waals surface area contributed by atoms with Crippen LogP contribution in [0.2, 0.25) is 0 Å². The molecular formula is C23H28N2O3S. The van der Waals surface area contributed by atoms with E-state index in [9.17, 15) is 9.59 Å². The summed E-state index contributed by atoms with van der Waals surface area (Å²) in [5.74, 6) is -0.464. The van der Waals surface area contributed by atoms with E-state index in [0.29, 0.717) is 24.7 Å². The minimum atomic E-state index is -0.269. The number of aryl methyl sites for hydroxylation is 1. The summed E-state index contributed by atoms with van der Waals surface area (Å²) in [5, 5.41) is 5.97. The van der Waals surface area contributed by atoms with Crippen molar-refractivity contribution in [3.63, 3.8) is 0 Å². The summed E-state index contributed by atoms with van der Waals surface area (Å²) in [4.78, 5) is 23.6. The topological polar surface area (TPSA) is 67.4 Å². The number of nitrogens with one attached hydrogen (secondary N) is 2. The number of ether oxygens (including phenoxy) is 1. The SMILES string of the molecule is O=C(CCCC(=O)OCCCc1ccccc1)NC(=S)NCCc1ccccc1. The number of hydrogen-bond donors (Lipinski definition) is 2. The Morgan fingerprint density at radius 1 is 0.828 bits per heavy atom. The van der Waals surface area contributed by atoms with Crippen LogP contribution in [0.5, 0.6) is 0 Å². The average molecular weight is 413 g/mol. The molecule has 0 radical (unpaired) electrons. The fourth-order valence-electron chi connectivity index (χ4n) is 2.77. The van der Waals surface area contributed by atoms with Crippen LogP contribution in [0.15, 0.2) is 60.7 Å². The van der Waals surface area contributed by atoms with Crippen LogP contribution in [0.1, 0.15) is 36.8 Å². The van der Waals surface area contributed by atoms with Crippen molar-refractivity contribution in [3.8, 4) is 0 Å². The van der Waals surface area contributed by atoms with Gasteiger partial charge in [0.25, 0.3) is 0 Å². The van der Waals surface area contributed by atoms with Gasteiger partial charge in [0.15, 0.2) is 5.11 Å². The fourth-order valence-corrected chi connectivity index (χ4v) is 2.99. The molecule has 1 amide bonds. The molecule has 0 spiro atoms. The van der Waals surface area contributed by atoms with Crippen molar-refractivity contribution in [2.24, 2.45) is 0 Å². The first kappa shape index (κ1) is 22.6. The van der Waals surface area contributed by atoms with Crippen LogP contribution < -0.4 is 10.6 Å². The van der Waals surface area contributed by atoms with Gasteiger partial charge >= 0.3 is 5.97 Å². The van der Waals surface area contributed by atoms with Crippen molar-refractivity contribution in [2.45, 2.75) is 38.5 Å². The minimum Gasteiger partial charge on any atom is -0.466 e. The molecule has 0 aliphatic rings. The van der Waals surface area contributed by atoms with E-state index in [-0.39, 0.29) is 24.7 Å². The van der Waals surface area contributed by atoms with Gasteiger partial charge in [0.1, 0.15) is 0 Å². The molecule has 29 heavy (non-hydrogen) atoms. The Morgan fingerprint density at radius 2 is 1.45 bits per heavy atom. The second-order valence-corrected chi connectivity index (χ2v) is 7.11. The zero-order chi connectivity index (χ0) is 20.7. The highest BCUT2D eigenvalue weighted by Crippen LogP contribution is 2.04. The number of hydrogen-bond acceptors (Lipinski definition) is 4. The zero-order valence-corrected chi connectivity index (χ0v) is 17.4. The lowest BCUT2D eigenvalue weighted by Crippen LogP contribution is -2.40. The van der Waals surface area contributed by atoms with Gasteiger partial charge in [-0.05, 0) is 49.0 Å². The first-order valence-corrected chi connectivity index (χ1v) is 10.4. The molecule has 5 nitrogen and oxygen atoms in total. The molecule has 0 fully saturated rings. The summed E-state index contributed by atoms with van der Waals surface area (Å²) in [6.45, 7) is 1.05. The van der Waals surface area contributed by atoms with Crippen LogP contribution in [0, 0.1) is 0 Å². The molecule has 0 atom stereocenters. The Bertz CT molecular complexity index is 766. The Hall–Kier alpha value is -2.73. The third-order valence-corrected chi connectivity index (χ3v) is 4.54. The number of amides is 1. The van der Waals surface area contributed by atoms with Crippen molar-refractivity contribution in [1.82, 2.24) is 10.6 Å². The van der Waals surface area contributed by atoms with Crippen LogP contribution in [-0.2, 0) is 27.2 Å². The summed E-state index contributed by atoms with van der Waals surface area (Å²) in [5.41, 5.74) is 2.44. The second kappa shape index (κ2) is 13.4. The Morgan fingerprint density at radius 3 is 2.10 bits per heavy atom. The highest BCUT2D eigenvalue weighted by atomic mass is 32.1. The van der Waals surface area contributed by atoms with E-state index < -0.39 is 0 Å². The fraction of sp³-hybridized carbons (Fsp3) is 0.348. The lowest BCUT2D eigenvalue weighted by molar-refractivity contribution is -0.143. The van der Waals surface area contributed by atoms with Crippen LogP contribution in [-0.4, -0.2) is 30.1 Å². The van der Waals surface area contributed by atoms with E-state index in [1.54, 1.807) is 0 Å². The summed E-state index contributed by atoms with van der Waals surface area (Å²) in [7, 11) is 0. The number of benzene rings is 2. The van der Waals surface area contributed by atoms with E-state index in [0.717, 1.165) is 19.3 Å². The molecule has 154 valence electrons. The standard InChI is InChI=1S/C23H28N2O3S/c26-21(25-23(29)24-17-16-20-11-5-2-6-12-20)14-7-15-22(27)28-18-8-13-19-9-3-1-4-10-19/h1-6,9-12H,7-8,13-18H2,(H2,24,25,26,29). The van der Waals surface area contributed by atoms with Crippen molar-refractivity contribution < 1.29 is 14.3 Å². The molecule has 0 aliphatic heterocycles. The molecule has 0 unspecified atom stereocenters. The average Bonchev–Trinajstić information content (AvgIpc) is 2.73. The van der Waals surface area contributed by atoms with Gasteiger partial charge in [0.05, 0.1) is 6.61 Å². The molecule has 2 rings (SSSR count). The van der Waals surface area contributed by atoms with Gasteiger partial charge < -0.3 is 15.4 Å². The maximum Gasteiger partial charge on any atom is 0.305 e. The Kier molecular flexibility index (Phi) is 10.5. The smallest absolute Gasteiger partial charge is 0.305 e. The van der Waals surface area contributed by atoms with Crippen molar-refractivity contribution in [1.29, 1.82) is 0 Å².